The van der Waals surface area contributed by atoms with Gasteiger partial charge in [-0.25, -0.2) is 4.39 Å². The molecule has 2 atom stereocenters. The van der Waals surface area contributed by atoms with Crippen LogP contribution in [0.15, 0.2) is 22.7 Å². The van der Waals surface area contributed by atoms with Crippen molar-refractivity contribution in [1.29, 1.82) is 0 Å². The van der Waals surface area contributed by atoms with E-state index in [1.165, 1.54) is 6.07 Å². The van der Waals surface area contributed by atoms with Gasteiger partial charge in [0.1, 0.15) is 5.82 Å². The molecule has 1 aliphatic rings. The Morgan fingerprint density at radius 3 is 2.89 bits per heavy atom. The number of alkyl halides is 1. The van der Waals surface area contributed by atoms with Crippen molar-refractivity contribution < 1.29 is 9.18 Å². The van der Waals surface area contributed by atoms with E-state index in [0.29, 0.717) is 21.8 Å². The molecule has 0 bridgehead atoms. The third-order valence-electron chi connectivity index (χ3n) is 3.22. The van der Waals surface area contributed by atoms with Gasteiger partial charge in [0.05, 0.1) is 10.0 Å². The highest BCUT2D eigenvalue weighted by molar-refractivity contribution is 9.10. The maximum atomic E-state index is 13.7. The maximum absolute atomic E-state index is 13.7. The van der Waals surface area contributed by atoms with E-state index in [1.807, 2.05) is 0 Å². The van der Waals surface area contributed by atoms with Crippen molar-refractivity contribution in [3.8, 4) is 0 Å². The molecule has 0 aromatic heterocycles. The smallest absolute Gasteiger partial charge is 0.254 e. The molecule has 0 saturated heterocycles. The summed E-state index contributed by atoms with van der Waals surface area (Å²) in [7, 11) is 0. The van der Waals surface area contributed by atoms with Crippen molar-refractivity contribution in [2.24, 2.45) is 5.92 Å². The molecule has 2 nitrogen and oxygen atoms in total. The number of hydrogen-bond donors (Lipinski definition) is 1. The molecule has 5 heteroatoms. The lowest BCUT2D eigenvalue weighted by Crippen LogP contribution is -2.29. The Hall–Kier alpha value is -0.420. The van der Waals surface area contributed by atoms with Crippen LogP contribution in [0.3, 0.4) is 0 Å². The molecule has 0 aliphatic heterocycles. The van der Waals surface area contributed by atoms with Crippen molar-refractivity contribution >= 4 is 37.8 Å². The molecule has 0 spiro atoms. The first kappa shape index (κ1) is 14.0. The van der Waals surface area contributed by atoms with E-state index in [4.69, 9.17) is 0 Å². The highest BCUT2D eigenvalue weighted by Crippen LogP contribution is 2.30. The van der Waals surface area contributed by atoms with Gasteiger partial charge in [0.15, 0.2) is 0 Å². The van der Waals surface area contributed by atoms with Gasteiger partial charge in [0.25, 0.3) is 5.91 Å². The molecule has 1 saturated carbocycles. The molecule has 1 aliphatic carbocycles. The zero-order valence-electron chi connectivity index (χ0n) is 9.76. The molecule has 1 aromatic rings. The summed E-state index contributed by atoms with van der Waals surface area (Å²) in [5.74, 6) is -0.347. The van der Waals surface area contributed by atoms with E-state index in [9.17, 15) is 9.18 Å². The number of amides is 1. The fourth-order valence-corrected chi connectivity index (χ4v) is 3.37. The van der Waals surface area contributed by atoms with E-state index in [0.717, 1.165) is 19.3 Å². The molecule has 1 fully saturated rings. The quantitative estimate of drug-likeness (QED) is 0.794. The van der Waals surface area contributed by atoms with Gasteiger partial charge < -0.3 is 5.32 Å². The molecule has 0 heterocycles. The number of rotatable bonds is 3. The van der Waals surface area contributed by atoms with Gasteiger partial charge in [-0.15, -0.1) is 0 Å². The minimum Gasteiger partial charge on any atom is -0.352 e. The summed E-state index contributed by atoms with van der Waals surface area (Å²) in [6.07, 6.45) is 3.32. The number of nitrogens with one attached hydrogen (secondary N) is 1. The number of hydrogen-bond acceptors (Lipinski definition) is 1. The first-order chi connectivity index (χ1) is 8.58. The van der Waals surface area contributed by atoms with Crippen LogP contribution in [0.1, 0.15) is 29.6 Å². The molecule has 2 unspecified atom stereocenters. The van der Waals surface area contributed by atoms with Crippen molar-refractivity contribution in [2.45, 2.75) is 24.1 Å². The molecule has 0 radical (unpaired) electrons. The molecule has 1 N–H and O–H groups in total. The van der Waals surface area contributed by atoms with Gasteiger partial charge >= 0.3 is 0 Å². The lowest BCUT2D eigenvalue weighted by Gasteiger charge is -2.11. The lowest BCUT2D eigenvalue weighted by atomic mass is 10.1. The van der Waals surface area contributed by atoms with Crippen LogP contribution in [0.25, 0.3) is 0 Å². The molecule has 18 heavy (non-hydrogen) atoms. The third kappa shape index (κ3) is 3.32. The summed E-state index contributed by atoms with van der Waals surface area (Å²) in [6, 6.07) is 4.74. The Labute approximate surface area is 123 Å². The average molecular weight is 379 g/mol. The van der Waals surface area contributed by atoms with Gasteiger partial charge in [0, 0.05) is 11.4 Å². The topological polar surface area (TPSA) is 29.1 Å². The van der Waals surface area contributed by atoms with E-state index >= 15 is 0 Å². The number of benzene rings is 1. The predicted octanol–water partition coefficient (Wildman–Crippen LogP) is 3.88. The number of carbonyl (C=O) groups excluding carboxylic acids is 1. The number of halogens is 3. The second-order valence-corrected chi connectivity index (χ2v) is 6.74. The third-order valence-corrected chi connectivity index (χ3v) is 4.67. The van der Waals surface area contributed by atoms with E-state index < -0.39 is 5.82 Å². The summed E-state index contributed by atoms with van der Waals surface area (Å²) in [5.41, 5.74) is 0.0952. The molecular formula is C13H14Br2FNO. The first-order valence-corrected chi connectivity index (χ1v) is 7.65. The summed E-state index contributed by atoms with van der Waals surface area (Å²) in [6.45, 7) is 0.618. The van der Waals surface area contributed by atoms with Crippen LogP contribution in [0.4, 0.5) is 4.39 Å². The van der Waals surface area contributed by atoms with Crippen LogP contribution >= 0.6 is 31.9 Å². The maximum Gasteiger partial charge on any atom is 0.254 e. The minimum atomic E-state index is -0.500. The zero-order chi connectivity index (χ0) is 13.1. The monoisotopic (exact) mass is 377 g/mol. The van der Waals surface area contributed by atoms with Gasteiger partial charge in [-0.2, -0.15) is 0 Å². The Kier molecular flexibility index (Phi) is 4.78. The Morgan fingerprint density at radius 2 is 2.22 bits per heavy atom. The van der Waals surface area contributed by atoms with Crippen molar-refractivity contribution in [3.05, 3.63) is 34.1 Å². The van der Waals surface area contributed by atoms with Gasteiger partial charge in [0.2, 0.25) is 0 Å². The fraction of sp³-hybridized carbons (Fsp3) is 0.462. The van der Waals surface area contributed by atoms with Crippen LogP contribution in [0.5, 0.6) is 0 Å². The largest absolute Gasteiger partial charge is 0.352 e. The minimum absolute atomic E-state index is 0.0952. The van der Waals surface area contributed by atoms with Crippen LogP contribution < -0.4 is 5.32 Å². The molecule has 1 amide bonds. The van der Waals surface area contributed by atoms with Crippen LogP contribution in [-0.2, 0) is 0 Å². The SMILES string of the molecule is O=C(NCC1CCC(Br)C1)c1cccc(Br)c1F. The lowest BCUT2D eigenvalue weighted by molar-refractivity contribution is 0.0943. The predicted molar refractivity (Wildman–Crippen MR) is 76.5 cm³/mol. The zero-order valence-corrected chi connectivity index (χ0v) is 12.9. The molecule has 1 aromatic carbocycles. The molecular weight excluding hydrogens is 365 g/mol. The van der Waals surface area contributed by atoms with E-state index in [-0.39, 0.29) is 11.5 Å². The van der Waals surface area contributed by atoms with E-state index in [1.54, 1.807) is 12.1 Å². The summed E-state index contributed by atoms with van der Waals surface area (Å²) in [4.78, 5) is 12.4. The summed E-state index contributed by atoms with van der Waals surface area (Å²) >= 11 is 6.65. The Bertz CT molecular complexity index is 453. The van der Waals surface area contributed by atoms with Gasteiger partial charge in [-0.1, -0.05) is 22.0 Å². The van der Waals surface area contributed by atoms with Crippen LogP contribution in [-0.4, -0.2) is 17.3 Å². The highest BCUT2D eigenvalue weighted by Gasteiger charge is 2.23. The Morgan fingerprint density at radius 1 is 1.44 bits per heavy atom. The molecule has 2 rings (SSSR count). The summed E-state index contributed by atoms with van der Waals surface area (Å²) in [5, 5.41) is 2.81. The highest BCUT2D eigenvalue weighted by atomic mass is 79.9. The summed E-state index contributed by atoms with van der Waals surface area (Å²) < 4.78 is 14.0. The first-order valence-electron chi connectivity index (χ1n) is 5.94. The normalized spacial score (nSPS) is 23.1. The molecule has 98 valence electrons. The second kappa shape index (κ2) is 6.15. The average Bonchev–Trinajstić information content (AvgIpc) is 2.76. The van der Waals surface area contributed by atoms with Gasteiger partial charge in [-0.05, 0) is 53.2 Å². The van der Waals surface area contributed by atoms with Crippen molar-refractivity contribution in [2.75, 3.05) is 6.54 Å². The second-order valence-electron chi connectivity index (χ2n) is 4.59. The van der Waals surface area contributed by atoms with Crippen LogP contribution in [0.2, 0.25) is 0 Å². The fourth-order valence-electron chi connectivity index (χ4n) is 2.21. The van der Waals surface area contributed by atoms with Crippen molar-refractivity contribution in [1.82, 2.24) is 5.32 Å². The van der Waals surface area contributed by atoms with Crippen LogP contribution in [0, 0.1) is 11.7 Å². The van der Waals surface area contributed by atoms with Gasteiger partial charge in [-0.3, -0.25) is 4.79 Å². The van der Waals surface area contributed by atoms with Crippen molar-refractivity contribution in [3.63, 3.8) is 0 Å². The van der Waals surface area contributed by atoms with E-state index in [2.05, 4.69) is 37.2 Å². The number of carbonyl (C=O) groups is 1. The Balaban J connectivity index is 1.94. The standard InChI is InChI=1S/C13H14Br2FNO/c14-9-5-4-8(6-9)7-17-13(18)10-2-1-3-11(15)12(10)16/h1-3,8-9H,4-7H2,(H,17,18).